The average molecular weight is 344 g/mol. The molecular formula is C9H6Br2ClFO. The molecule has 0 fully saturated rings. The zero-order valence-corrected chi connectivity index (χ0v) is 10.9. The van der Waals surface area contributed by atoms with Gasteiger partial charge >= 0.3 is 0 Å². The second kappa shape index (κ2) is 5.24. The Hall–Kier alpha value is 0.0700. The summed E-state index contributed by atoms with van der Waals surface area (Å²) < 4.78 is 13.0. The van der Waals surface area contributed by atoms with Gasteiger partial charge in [0, 0.05) is 10.9 Å². The van der Waals surface area contributed by atoms with E-state index in [2.05, 4.69) is 31.9 Å². The molecule has 0 aromatic heterocycles. The molecule has 1 unspecified atom stereocenters. The van der Waals surface area contributed by atoms with Crippen molar-refractivity contribution in [3.63, 3.8) is 0 Å². The first kappa shape index (κ1) is 12.1. The quantitative estimate of drug-likeness (QED) is 0.602. The second-order valence-corrected chi connectivity index (χ2v) is 4.77. The molecule has 14 heavy (non-hydrogen) atoms. The topological polar surface area (TPSA) is 17.1 Å². The van der Waals surface area contributed by atoms with Gasteiger partial charge in [-0.1, -0.05) is 43.5 Å². The summed E-state index contributed by atoms with van der Waals surface area (Å²) in [5, 5.41) is 0.502. The van der Waals surface area contributed by atoms with Crippen LogP contribution in [-0.2, 0) is 0 Å². The lowest BCUT2D eigenvalue weighted by Crippen LogP contribution is -2.15. The summed E-state index contributed by atoms with van der Waals surface area (Å²) in [6, 6.07) is 4.02. The number of ketones is 1. The van der Waals surface area contributed by atoms with Gasteiger partial charge in [-0.15, -0.1) is 0 Å². The fourth-order valence-corrected chi connectivity index (χ4v) is 1.58. The lowest BCUT2D eigenvalue weighted by molar-refractivity contribution is 0.0997. The van der Waals surface area contributed by atoms with Crippen LogP contribution in [0.4, 0.5) is 4.39 Å². The Balaban J connectivity index is 2.97. The Labute approximate surface area is 103 Å². The van der Waals surface area contributed by atoms with E-state index in [-0.39, 0.29) is 15.6 Å². The van der Waals surface area contributed by atoms with Crippen molar-refractivity contribution < 1.29 is 9.18 Å². The normalized spacial score (nSPS) is 12.6. The van der Waals surface area contributed by atoms with Gasteiger partial charge in [-0.2, -0.15) is 0 Å². The molecule has 0 spiro atoms. The molecule has 0 aliphatic carbocycles. The smallest absolute Gasteiger partial charge is 0.177 e. The number of alkyl halides is 2. The molecule has 1 rings (SSSR count). The molecule has 0 N–H and O–H groups in total. The zero-order valence-electron chi connectivity index (χ0n) is 6.94. The van der Waals surface area contributed by atoms with Gasteiger partial charge in [-0.25, -0.2) is 4.39 Å². The Kier molecular flexibility index (Phi) is 4.54. The van der Waals surface area contributed by atoms with Crippen LogP contribution in [0.2, 0.25) is 5.02 Å². The third kappa shape index (κ3) is 2.78. The first-order valence-electron chi connectivity index (χ1n) is 3.75. The van der Waals surface area contributed by atoms with Gasteiger partial charge in [0.2, 0.25) is 0 Å². The predicted molar refractivity (Wildman–Crippen MR) is 62.2 cm³/mol. The number of hydrogen-bond acceptors (Lipinski definition) is 1. The minimum absolute atomic E-state index is 0.0199. The molecule has 0 aliphatic rings. The summed E-state index contributed by atoms with van der Waals surface area (Å²) in [7, 11) is 0. The maximum Gasteiger partial charge on any atom is 0.177 e. The van der Waals surface area contributed by atoms with Crippen LogP contribution in [0.5, 0.6) is 0 Å². The number of carbonyl (C=O) groups excluding carboxylic acids is 1. The van der Waals surface area contributed by atoms with E-state index in [4.69, 9.17) is 11.6 Å². The number of halogens is 4. The number of rotatable bonds is 3. The van der Waals surface area contributed by atoms with Crippen molar-refractivity contribution >= 4 is 49.2 Å². The van der Waals surface area contributed by atoms with Crippen molar-refractivity contribution in [3.05, 3.63) is 34.6 Å². The van der Waals surface area contributed by atoms with Crippen molar-refractivity contribution in [2.75, 3.05) is 5.33 Å². The van der Waals surface area contributed by atoms with Crippen molar-refractivity contribution in [1.82, 2.24) is 0 Å². The Morgan fingerprint density at radius 3 is 2.71 bits per heavy atom. The molecule has 0 amide bonds. The van der Waals surface area contributed by atoms with Gasteiger partial charge in [-0.05, 0) is 18.2 Å². The fourth-order valence-electron chi connectivity index (χ4n) is 0.900. The summed E-state index contributed by atoms with van der Waals surface area (Å²) in [6.45, 7) is 0. The first-order valence-corrected chi connectivity index (χ1v) is 6.17. The predicted octanol–water partition coefficient (Wildman–Crippen LogP) is 3.82. The van der Waals surface area contributed by atoms with Crippen LogP contribution in [0.3, 0.4) is 0 Å². The molecule has 1 aromatic carbocycles. The summed E-state index contributed by atoms with van der Waals surface area (Å²) >= 11 is 11.8. The van der Waals surface area contributed by atoms with E-state index >= 15 is 0 Å². The summed E-state index contributed by atoms with van der Waals surface area (Å²) in [5.41, 5.74) is 0.313. The second-order valence-electron chi connectivity index (χ2n) is 2.61. The largest absolute Gasteiger partial charge is 0.293 e. The standard InChI is InChI=1S/C9H6Br2ClFO/c10-4-6(11)9(14)5-1-2-7(12)8(13)3-5/h1-3,6H,4H2. The van der Waals surface area contributed by atoms with E-state index < -0.39 is 5.82 Å². The van der Waals surface area contributed by atoms with Crippen LogP contribution in [0.1, 0.15) is 10.4 Å². The van der Waals surface area contributed by atoms with E-state index in [1.165, 1.54) is 12.1 Å². The lowest BCUT2D eigenvalue weighted by Gasteiger charge is -2.05. The Morgan fingerprint density at radius 2 is 2.21 bits per heavy atom. The van der Waals surface area contributed by atoms with Crippen LogP contribution in [-0.4, -0.2) is 15.9 Å². The van der Waals surface area contributed by atoms with Gasteiger partial charge in [0.1, 0.15) is 5.82 Å². The molecule has 1 aromatic rings. The lowest BCUT2D eigenvalue weighted by atomic mass is 10.1. The average Bonchev–Trinajstić information content (AvgIpc) is 2.20. The van der Waals surface area contributed by atoms with Gasteiger partial charge < -0.3 is 0 Å². The summed E-state index contributed by atoms with van der Waals surface area (Å²) in [6.07, 6.45) is 0. The number of hydrogen-bond donors (Lipinski definition) is 0. The molecule has 76 valence electrons. The molecular weight excluding hydrogens is 338 g/mol. The summed E-state index contributed by atoms with van der Waals surface area (Å²) in [5.74, 6) is -0.746. The van der Waals surface area contributed by atoms with Crippen LogP contribution in [0.25, 0.3) is 0 Å². The van der Waals surface area contributed by atoms with Crippen LogP contribution in [0.15, 0.2) is 18.2 Å². The minimum atomic E-state index is -0.577. The van der Waals surface area contributed by atoms with Crippen molar-refractivity contribution in [2.24, 2.45) is 0 Å². The molecule has 0 saturated heterocycles. The van der Waals surface area contributed by atoms with Gasteiger partial charge in [0.05, 0.1) is 9.85 Å². The number of Topliss-reactive ketones (excluding diaryl/α,β-unsaturated/α-hetero) is 1. The maximum atomic E-state index is 13.0. The minimum Gasteiger partial charge on any atom is -0.293 e. The van der Waals surface area contributed by atoms with E-state index in [1.807, 2.05) is 0 Å². The third-order valence-corrected chi connectivity index (χ3v) is 4.19. The summed E-state index contributed by atoms with van der Waals surface area (Å²) in [4.78, 5) is 11.2. The highest BCUT2D eigenvalue weighted by Gasteiger charge is 2.16. The molecule has 0 saturated carbocycles. The first-order chi connectivity index (χ1) is 6.56. The molecule has 0 heterocycles. The molecule has 5 heteroatoms. The zero-order chi connectivity index (χ0) is 10.7. The van der Waals surface area contributed by atoms with Crippen LogP contribution >= 0.6 is 43.5 Å². The molecule has 0 bridgehead atoms. The molecule has 1 atom stereocenters. The van der Waals surface area contributed by atoms with Crippen molar-refractivity contribution in [1.29, 1.82) is 0 Å². The fraction of sp³-hybridized carbons (Fsp3) is 0.222. The van der Waals surface area contributed by atoms with Crippen LogP contribution in [0, 0.1) is 5.82 Å². The SMILES string of the molecule is O=C(c1ccc(Cl)c(F)c1)C(Br)CBr. The molecule has 0 radical (unpaired) electrons. The maximum absolute atomic E-state index is 13.0. The Bertz CT molecular complexity index is 357. The van der Waals surface area contributed by atoms with E-state index in [0.29, 0.717) is 10.9 Å². The molecule has 0 aliphatic heterocycles. The van der Waals surface area contributed by atoms with Crippen molar-refractivity contribution in [3.8, 4) is 0 Å². The number of carbonyl (C=O) groups is 1. The van der Waals surface area contributed by atoms with Crippen LogP contribution < -0.4 is 0 Å². The third-order valence-electron chi connectivity index (χ3n) is 1.62. The molecule has 1 nitrogen and oxygen atoms in total. The highest BCUT2D eigenvalue weighted by Crippen LogP contribution is 2.18. The highest BCUT2D eigenvalue weighted by atomic mass is 79.9. The number of benzene rings is 1. The highest BCUT2D eigenvalue weighted by molar-refractivity contribution is 9.12. The van der Waals surface area contributed by atoms with Gasteiger partial charge in [0.25, 0.3) is 0 Å². The Morgan fingerprint density at radius 1 is 1.57 bits per heavy atom. The van der Waals surface area contributed by atoms with E-state index in [1.54, 1.807) is 0 Å². The monoisotopic (exact) mass is 342 g/mol. The van der Waals surface area contributed by atoms with E-state index in [0.717, 1.165) is 6.07 Å². The van der Waals surface area contributed by atoms with Gasteiger partial charge in [0.15, 0.2) is 5.78 Å². The van der Waals surface area contributed by atoms with Crippen molar-refractivity contribution in [2.45, 2.75) is 4.83 Å². The van der Waals surface area contributed by atoms with Gasteiger partial charge in [-0.3, -0.25) is 4.79 Å². The van der Waals surface area contributed by atoms with E-state index in [9.17, 15) is 9.18 Å².